The first-order valence-electron chi connectivity index (χ1n) is 8.04. The number of aryl methyl sites for hydroxylation is 1. The van der Waals surface area contributed by atoms with Gasteiger partial charge in [-0.25, -0.2) is 5.43 Å². The highest BCUT2D eigenvalue weighted by Gasteiger charge is 2.27. The predicted molar refractivity (Wildman–Crippen MR) is 91.0 cm³/mol. The Morgan fingerprint density at radius 2 is 1.83 bits per heavy atom. The molecule has 3 amide bonds. The highest BCUT2D eigenvalue weighted by atomic mass is 32.1. The van der Waals surface area contributed by atoms with E-state index in [1.807, 2.05) is 23.3 Å². The molecule has 0 unspecified atom stereocenters. The maximum Gasteiger partial charge on any atom is 0.270 e. The molecular formula is C16H20N4O3S. The van der Waals surface area contributed by atoms with Gasteiger partial charge in [-0.15, -0.1) is 11.3 Å². The van der Waals surface area contributed by atoms with Crippen molar-refractivity contribution in [2.45, 2.75) is 26.2 Å². The lowest BCUT2D eigenvalue weighted by molar-refractivity contribution is -0.124. The largest absolute Gasteiger partial charge is 0.336 e. The maximum absolute atomic E-state index is 12.6. The van der Waals surface area contributed by atoms with Gasteiger partial charge in [0.05, 0.1) is 4.88 Å². The summed E-state index contributed by atoms with van der Waals surface area (Å²) in [5.41, 5.74) is 3.74. The van der Waals surface area contributed by atoms with Crippen LogP contribution in [0.3, 0.4) is 0 Å². The van der Waals surface area contributed by atoms with Gasteiger partial charge in [0.15, 0.2) is 0 Å². The molecule has 0 bridgehead atoms. The average Bonchev–Trinajstić information content (AvgIpc) is 2.86. The van der Waals surface area contributed by atoms with Crippen LogP contribution < -0.4 is 5.43 Å². The first kappa shape index (κ1) is 16.6. The zero-order valence-electron chi connectivity index (χ0n) is 13.6. The summed E-state index contributed by atoms with van der Waals surface area (Å²) in [6.07, 6.45) is 1.40. The Hall–Kier alpha value is -2.22. The Morgan fingerprint density at radius 3 is 2.42 bits per heavy atom. The van der Waals surface area contributed by atoms with Gasteiger partial charge in [0, 0.05) is 39.0 Å². The van der Waals surface area contributed by atoms with Crippen LogP contribution in [0.5, 0.6) is 0 Å². The van der Waals surface area contributed by atoms with E-state index in [0.717, 1.165) is 16.9 Å². The molecule has 1 aromatic rings. The topological polar surface area (TPSA) is 82.1 Å². The molecule has 128 valence electrons. The van der Waals surface area contributed by atoms with Crippen LogP contribution in [0.4, 0.5) is 0 Å². The van der Waals surface area contributed by atoms with Crippen LogP contribution in [0.15, 0.2) is 16.5 Å². The van der Waals surface area contributed by atoms with Gasteiger partial charge in [-0.2, -0.15) is 5.10 Å². The molecule has 3 heterocycles. The van der Waals surface area contributed by atoms with Crippen molar-refractivity contribution in [3.63, 3.8) is 0 Å². The lowest BCUT2D eigenvalue weighted by Crippen LogP contribution is -2.42. The van der Waals surface area contributed by atoms with Crippen LogP contribution in [0.2, 0.25) is 0 Å². The van der Waals surface area contributed by atoms with Gasteiger partial charge in [0.1, 0.15) is 5.71 Å². The Labute approximate surface area is 144 Å². The Morgan fingerprint density at radius 1 is 1.12 bits per heavy atom. The van der Waals surface area contributed by atoms with E-state index >= 15 is 0 Å². The zero-order chi connectivity index (χ0) is 17.1. The molecule has 0 atom stereocenters. The summed E-state index contributed by atoms with van der Waals surface area (Å²) in [5, 5.41) is 5.79. The molecule has 24 heavy (non-hydrogen) atoms. The number of carbonyl (C=O) groups excluding carboxylic acids is 3. The van der Waals surface area contributed by atoms with Crippen LogP contribution in [0, 0.1) is 6.92 Å². The summed E-state index contributed by atoms with van der Waals surface area (Å²) in [5.74, 6) is -0.263. The smallest absolute Gasteiger partial charge is 0.270 e. The van der Waals surface area contributed by atoms with E-state index in [1.54, 1.807) is 4.90 Å². The molecule has 1 saturated heterocycles. The summed E-state index contributed by atoms with van der Waals surface area (Å²) in [6.45, 7) is 4.18. The monoisotopic (exact) mass is 348 g/mol. The number of thiophene rings is 1. The zero-order valence-corrected chi connectivity index (χ0v) is 14.4. The molecule has 1 fully saturated rings. The van der Waals surface area contributed by atoms with Crippen molar-refractivity contribution in [2.75, 3.05) is 26.2 Å². The van der Waals surface area contributed by atoms with E-state index in [-0.39, 0.29) is 17.7 Å². The second-order valence-corrected chi connectivity index (χ2v) is 6.88. The average molecular weight is 348 g/mol. The van der Waals surface area contributed by atoms with Gasteiger partial charge < -0.3 is 9.80 Å². The maximum atomic E-state index is 12.6. The molecule has 0 saturated carbocycles. The fourth-order valence-corrected chi connectivity index (χ4v) is 3.76. The van der Waals surface area contributed by atoms with E-state index in [9.17, 15) is 14.4 Å². The lowest BCUT2D eigenvalue weighted by atomic mass is 10.1. The molecular weight excluding hydrogens is 328 g/mol. The molecule has 0 spiro atoms. The van der Waals surface area contributed by atoms with E-state index < -0.39 is 0 Å². The van der Waals surface area contributed by atoms with Crippen molar-refractivity contribution >= 4 is 34.8 Å². The highest BCUT2D eigenvalue weighted by Crippen LogP contribution is 2.19. The summed E-state index contributed by atoms with van der Waals surface area (Å²) in [4.78, 5) is 40.6. The second-order valence-electron chi connectivity index (χ2n) is 5.96. The van der Waals surface area contributed by atoms with Crippen molar-refractivity contribution in [3.05, 3.63) is 21.9 Å². The van der Waals surface area contributed by atoms with Crippen LogP contribution in [-0.4, -0.2) is 59.4 Å². The summed E-state index contributed by atoms with van der Waals surface area (Å²) in [7, 11) is 0. The van der Waals surface area contributed by atoms with Gasteiger partial charge in [-0.1, -0.05) is 0 Å². The van der Waals surface area contributed by atoms with Crippen LogP contribution >= 0.6 is 11.3 Å². The SMILES string of the molecule is Cc1ccsc1C(=O)N1CCCN(C(=O)C2=NNC(=O)CC2)CC1. The Balaban J connectivity index is 1.63. The first-order valence-corrected chi connectivity index (χ1v) is 8.92. The molecule has 8 heteroatoms. The third kappa shape index (κ3) is 3.48. The van der Waals surface area contributed by atoms with Crippen LogP contribution in [0.25, 0.3) is 0 Å². The van der Waals surface area contributed by atoms with Gasteiger partial charge in [-0.05, 0) is 30.4 Å². The van der Waals surface area contributed by atoms with Gasteiger partial charge in [0.25, 0.3) is 11.8 Å². The molecule has 0 radical (unpaired) electrons. The second kappa shape index (κ2) is 7.12. The molecule has 2 aliphatic heterocycles. The van der Waals surface area contributed by atoms with E-state index in [2.05, 4.69) is 10.5 Å². The minimum Gasteiger partial charge on any atom is -0.336 e. The van der Waals surface area contributed by atoms with Gasteiger partial charge in [0.2, 0.25) is 5.91 Å². The molecule has 0 aromatic carbocycles. The first-order chi connectivity index (χ1) is 11.6. The number of rotatable bonds is 2. The molecule has 0 aliphatic carbocycles. The minimum atomic E-state index is -0.162. The summed E-state index contributed by atoms with van der Waals surface area (Å²) < 4.78 is 0. The number of hydrazone groups is 1. The summed E-state index contributed by atoms with van der Waals surface area (Å²) in [6, 6.07) is 1.95. The number of nitrogens with zero attached hydrogens (tertiary/aromatic N) is 3. The molecule has 7 nitrogen and oxygen atoms in total. The number of hydrogen-bond acceptors (Lipinski definition) is 5. The van der Waals surface area contributed by atoms with Crippen LogP contribution in [-0.2, 0) is 9.59 Å². The Kier molecular flexibility index (Phi) is 4.94. The van der Waals surface area contributed by atoms with Gasteiger partial charge in [-0.3, -0.25) is 14.4 Å². The minimum absolute atomic E-state index is 0.0408. The quantitative estimate of drug-likeness (QED) is 0.865. The number of nitrogens with one attached hydrogen (secondary N) is 1. The Bertz CT molecular complexity index is 697. The predicted octanol–water partition coefficient (Wildman–Crippen LogP) is 0.997. The fourth-order valence-electron chi connectivity index (χ4n) is 2.87. The normalized spacial score (nSPS) is 18.7. The van der Waals surface area contributed by atoms with E-state index in [0.29, 0.717) is 44.7 Å². The van der Waals surface area contributed by atoms with Crippen molar-refractivity contribution in [2.24, 2.45) is 5.10 Å². The standard InChI is InChI=1S/C16H20N4O3S/c1-11-5-10-24-14(11)16(23)20-7-2-6-19(8-9-20)15(22)12-3-4-13(21)18-17-12/h5,10H,2-4,6-9H2,1H3,(H,18,21). The third-order valence-corrected chi connectivity index (χ3v) is 5.28. The molecule has 1 aromatic heterocycles. The van der Waals surface area contributed by atoms with E-state index in [4.69, 9.17) is 0 Å². The summed E-state index contributed by atoms with van der Waals surface area (Å²) >= 11 is 1.46. The number of carbonyl (C=O) groups is 3. The van der Waals surface area contributed by atoms with Gasteiger partial charge >= 0.3 is 0 Å². The van der Waals surface area contributed by atoms with E-state index in [1.165, 1.54) is 11.3 Å². The number of hydrogen-bond donors (Lipinski definition) is 1. The fraction of sp³-hybridized carbons (Fsp3) is 0.500. The highest BCUT2D eigenvalue weighted by molar-refractivity contribution is 7.12. The van der Waals surface area contributed by atoms with Crippen molar-refractivity contribution < 1.29 is 14.4 Å². The molecule has 3 rings (SSSR count). The lowest BCUT2D eigenvalue weighted by Gasteiger charge is -2.23. The van der Waals surface area contributed by atoms with Crippen molar-refractivity contribution in [1.82, 2.24) is 15.2 Å². The van der Waals surface area contributed by atoms with Crippen molar-refractivity contribution in [3.8, 4) is 0 Å². The number of amides is 3. The molecule has 1 N–H and O–H groups in total. The van der Waals surface area contributed by atoms with Crippen LogP contribution in [0.1, 0.15) is 34.5 Å². The van der Waals surface area contributed by atoms with Crippen molar-refractivity contribution in [1.29, 1.82) is 0 Å². The third-order valence-electron chi connectivity index (χ3n) is 4.28. The molecule has 2 aliphatic rings.